The maximum atomic E-state index is 11.9. The molecule has 0 bridgehead atoms. The molecule has 3 nitrogen and oxygen atoms in total. The Morgan fingerprint density at radius 3 is 2.25 bits per heavy atom. The molecule has 0 aliphatic rings. The average molecular weight is 242 g/mol. The molecule has 0 aliphatic heterocycles. The molecule has 0 amide bonds. The van der Waals surface area contributed by atoms with Crippen molar-refractivity contribution in [1.29, 1.82) is 0 Å². The van der Waals surface area contributed by atoms with Gasteiger partial charge in [0.1, 0.15) is 0 Å². The summed E-state index contributed by atoms with van der Waals surface area (Å²) in [6.07, 6.45) is -5.50. The Bertz CT molecular complexity index is 236. The van der Waals surface area contributed by atoms with E-state index in [1.165, 1.54) is 21.0 Å². The fourth-order valence-corrected chi connectivity index (χ4v) is 1.29. The number of rotatable bonds is 5. The predicted molar refractivity (Wildman–Crippen MR) is 51.7 cm³/mol. The minimum atomic E-state index is -4.23. The largest absolute Gasteiger partial charge is 0.469 e. The van der Waals surface area contributed by atoms with Crippen LogP contribution >= 0.6 is 0 Å². The molecule has 0 fully saturated rings. The van der Waals surface area contributed by atoms with Crippen LogP contribution in [0.3, 0.4) is 0 Å². The van der Waals surface area contributed by atoms with Crippen LogP contribution in [0.4, 0.5) is 13.2 Å². The highest BCUT2D eigenvalue weighted by molar-refractivity contribution is 5.73. The summed E-state index contributed by atoms with van der Waals surface area (Å²) in [7, 11) is 1.17. The van der Waals surface area contributed by atoms with Gasteiger partial charge in [0.15, 0.2) is 0 Å². The summed E-state index contributed by atoms with van der Waals surface area (Å²) in [5, 5.41) is 9.81. The van der Waals surface area contributed by atoms with Gasteiger partial charge in [-0.2, -0.15) is 13.2 Å². The lowest BCUT2D eigenvalue weighted by Gasteiger charge is -2.28. The van der Waals surface area contributed by atoms with Gasteiger partial charge in [-0.1, -0.05) is 0 Å². The quantitative estimate of drug-likeness (QED) is 0.752. The highest BCUT2D eigenvalue weighted by Crippen LogP contribution is 2.28. The molecule has 0 spiro atoms. The maximum Gasteiger partial charge on any atom is 0.389 e. The molecule has 0 aromatic carbocycles. The third-order valence-corrected chi connectivity index (χ3v) is 2.63. The van der Waals surface area contributed by atoms with E-state index in [0.717, 1.165) is 0 Å². The van der Waals surface area contributed by atoms with Crippen LogP contribution in [0.25, 0.3) is 0 Å². The van der Waals surface area contributed by atoms with E-state index in [1.54, 1.807) is 0 Å². The Morgan fingerprint density at radius 1 is 1.38 bits per heavy atom. The van der Waals surface area contributed by atoms with Crippen molar-refractivity contribution in [2.75, 3.05) is 7.11 Å². The van der Waals surface area contributed by atoms with E-state index < -0.39 is 30.1 Å². The second-order valence-corrected chi connectivity index (χ2v) is 4.07. The summed E-state index contributed by atoms with van der Waals surface area (Å²) >= 11 is 0. The number of hydrogen-bond acceptors (Lipinski definition) is 3. The highest BCUT2D eigenvalue weighted by atomic mass is 19.4. The molecule has 2 atom stereocenters. The maximum absolute atomic E-state index is 11.9. The normalized spacial score (nSPS) is 17.7. The third kappa shape index (κ3) is 5.34. The van der Waals surface area contributed by atoms with Crippen LogP contribution in [-0.2, 0) is 9.53 Å². The van der Waals surface area contributed by atoms with Crippen LogP contribution in [0.15, 0.2) is 0 Å². The Labute approximate surface area is 92.6 Å². The minimum absolute atomic E-state index is 0.0945. The first-order valence-corrected chi connectivity index (χ1v) is 4.97. The standard InChI is InChI=1S/C10H17F3O3/c1-7(8(14)16-3)9(2,15)5-4-6-10(11,12)13/h7,15H,4-6H2,1-3H3. The Balaban J connectivity index is 4.19. The summed E-state index contributed by atoms with van der Waals surface area (Å²) in [5.74, 6) is -1.47. The molecule has 0 aliphatic carbocycles. The van der Waals surface area contributed by atoms with E-state index in [0.29, 0.717) is 0 Å². The van der Waals surface area contributed by atoms with Crippen LogP contribution in [0.2, 0.25) is 0 Å². The summed E-state index contributed by atoms with van der Waals surface area (Å²) in [4.78, 5) is 11.1. The number of alkyl halides is 3. The first kappa shape index (κ1) is 15.2. The van der Waals surface area contributed by atoms with Gasteiger partial charge >= 0.3 is 12.1 Å². The van der Waals surface area contributed by atoms with Crippen molar-refractivity contribution in [1.82, 2.24) is 0 Å². The van der Waals surface area contributed by atoms with E-state index in [-0.39, 0.29) is 12.8 Å². The van der Waals surface area contributed by atoms with Crippen molar-refractivity contribution in [2.45, 2.75) is 44.9 Å². The molecule has 96 valence electrons. The summed E-state index contributed by atoms with van der Waals surface area (Å²) in [6, 6.07) is 0. The number of carbonyl (C=O) groups is 1. The van der Waals surface area contributed by atoms with Gasteiger partial charge < -0.3 is 9.84 Å². The number of esters is 1. The number of halogens is 3. The van der Waals surface area contributed by atoms with Gasteiger partial charge in [0.2, 0.25) is 0 Å². The number of methoxy groups -OCH3 is 1. The number of hydrogen-bond donors (Lipinski definition) is 1. The lowest BCUT2D eigenvalue weighted by atomic mass is 9.86. The molecule has 0 saturated heterocycles. The molecular formula is C10H17F3O3. The predicted octanol–water partition coefficient (Wildman–Crippen LogP) is 2.28. The van der Waals surface area contributed by atoms with Gasteiger partial charge in [-0.15, -0.1) is 0 Å². The first-order valence-electron chi connectivity index (χ1n) is 4.97. The van der Waals surface area contributed by atoms with E-state index in [4.69, 9.17) is 0 Å². The van der Waals surface area contributed by atoms with Crippen LogP contribution < -0.4 is 0 Å². The Morgan fingerprint density at radius 2 is 1.88 bits per heavy atom. The smallest absolute Gasteiger partial charge is 0.389 e. The first-order chi connectivity index (χ1) is 7.10. The van der Waals surface area contributed by atoms with Gasteiger partial charge in [0.25, 0.3) is 0 Å². The molecule has 2 unspecified atom stereocenters. The van der Waals surface area contributed by atoms with Crippen molar-refractivity contribution in [2.24, 2.45) is 5.92 Å². The van der Waals surface area contributed by atoms with Crippen LogP contribution in [0.5, 0.6) is 0 Å². The van der Waals surface area contributed by atoms with Crippen molar-refractivity contribution < 1.29 is 27.8 Å². The summed E-state index contributed by atoms with van der Waals surface area (Å²) < 4.78 is 40.1. The number of carbonyl (C=O) groups excluding carboxylic acids is 1. The van der Waals surface area contributed by atoms with Crippen molar-refractivity contribution in [3.63, 3.8) is 0 Å². The zero-order chi connectivity index (χ0) is 13.0. The number of ether oxygens (including phenoxy) is 1. The van der Waals surface area contributed by atoms with Crippen molar-refractivity contribution in [3.8, 4) is 0 Å². The SMILES string of the molecule is COC(=O)C(C)C(C)(O)CCCC(F)(F)F. The molecule has 16 heavy (non-hydrogen) atoms. The van der Waals surface area contributed by atoms with Gasteiger partial charge in [-0.05, 0) is 26.7 Å². The van der Waals surface area contributed by atoms with Crippen LogP contribution in [0, 0.1) is 5.92 Å². The Kier molecular flexibility index (Phi) is 5.25. The molecule has 6 heteroatoms. The average Bonchev–Trinajstić information content (AvgIpc) is 2.13. The van der Waals surface area contributed by atoms with Crippen molar-refractivity contribution >= 4 is 5.97 Å². The summed E-state index contributed by atoms with van der Waals surface area (Å²) in [6.45, 7) is 2.77. The fourth-order valence-electron chi connectivity index (χ4n) is 1.29. The monoisotopic (exact) mass is 242 g/mol. The molecule has 0 aromatic heterocycles. The van der Waals surface area contributed by atoms with Gasteiger partial charge in [-0.3, -0.25) is 4.79 Å². The number of aliphatic hydroxyl groups is 1. The molecule has 0 saturated carbocycles. The second kappa shape index (κ2) is 5.52. The molecule has 1 N–H and O–H groups in total. The molecular weight excluding hydrogens is 225 g/mol. The van der Waals surface area contributed by atoms with E-state index in [2.05, 4.69) is 4.74 Å². The van der Waals surface area contributed by atoms with Gasteiger partial charge in [0.05, 0.1) is 18.6 Å². The molecule has 0 aromatic rings. The Hall–Kier alpha value is -0.780. The zero-order valence-electron chi connectivity index (χ0n) is 9.60. The molecule has 0 rings (SSSR count). The fraction of sp³-hybridized carbons (Fsp3) is 0.900. The highest BCUT2D eigenvalue weighted by Gasteiger charge is 2.35. The minimum Gasteiger partial charge on any atom is -0.469 e. The van der Waals surface area contributed by atoms with E-state index in [9.17, 15) is 23.1 Å². The van der Waals surface area contributed by atoms with E-state index in [1.807, 2.05) is 0 Å². The second-order valence-electron chi connectivity index (χ2n) is 4.07. The van der Waals surface area contributed by atoms with Gasteiger partial charge in [0, 0.05) is 6.42 Å². The topological polar surface area (TPSA) is 46.5 Å². The lowest BCUT2D eigenvalue weighted by Crippen LogP contribution is -2.38. The van der Waals surface area contributed by atoms with Crippen LogP contribution in [0.1, 0.15) is 33.1 Å². The van der Waals surface area contributed by atoms with Crippen LogP contribution in [-0.4, -0.2) is 30.0 Å². The van der Waals surface area contributed by atoms with E-state index >= 15 is 0 Å². The molecule has 0 radical (unpaired) electrons. The lowest BCUT2D eigenvalue weighted by molar-refractivity contribution is -0.155. The van der Waals surface area contributed by atoms with Crippen molar-refractivity contribution in [3.05, 3.63) is 0 Å². The zero-order valence-corrected chi connectivity index (χ0v) is 9.60. The van der Waals surface area contributed by atoms with Gasteiger partial charge in [-0.25, -0.2) is 0 Å². The third-order valence-electron chi connectivity index (χ3n) is 2.63. The molecule has 0 heterocycles. The summed E-state index contributed by atoms with van der Waals surface area (Å²) in [5.41, 5.74) is -1.47.